The van der Waals surface area contributed by atoms with Crippen LogP contribution in [-0.4, -0.2) is 40.0 Å². The van der Waals surface area contributed by atoms with Gasteiger partial charge in [0.25, 0.3) is 0 Å². The quantitative estimate of drug-likeness (QED) is 0.737. The molecule has 1 aromatic rings. The van der Waals surface area contributed by atoms with Crippen molar-refractivity contribution in [2.24, 2.45) is 0 Å². The molecule has 1 aromatic heterocycles. The van der Waals surface area contributed by atoms with Gasteiger partial charge in [-0.05, 0) is 51.2 Å². The Labute approximate surface area is 149 Å². The van der Waals surface area contributed by atoms with Crippen LogP contribution in [0.4, 0.5) is 5.95 Å². The Hall–Kier alpha value is -1.30. The van der Waals surface area contributed by atoms with E-state index in [1.54, 1.807) is 11.8 Å². The monoisotopic (exact) mass is 350 g/mol. The van der Waals surface area contributed by atoms with Crippen LogP contribution in [0.2, 0.25) is 0 Å². The van der Waals surface area contributed by atoms with Crippen LogP contribution in [0, 0.1) is 13.8 Å². The first-order valence-electron chi connectivity index (χ1n) is 8.96. The Morgan fingerprint density at radius 2 is 1.83 bits per heavy atom. The van der Waals surface area contributed by atoms with Crippen LogP contribution < -0.4 is 10.6 Å². The van der Waals surface area contributed by atoms with E-state index in [2.05, 4.69) is 26.9 Å². The highest BCUT2D eigenvalue weighted by atomic mass is 32.2. The molecule has 0 aromatic carbocycles. The van der Waals surface area contributed by atoms with E-state index in [1.807, 2.05) is 19.9 Å². The molecule has 2 rings (SSSR count). The lowest BCUT2D eigenvalue weighted by Crippen LogP contribution is -2.45. The van der Waals surface area contributed by atoms with Gasteiger partial charge in [0.2, 0.25) is 11.9 Å². The van der Waals surface area contributed by atoms with Gasteiger partial charge in [0.15, 0.2) is 0 Å². The maximum atomic E-state index is 12.8. The number of aromatic nitrogens is 2. The molecular formula is C18H30N4OS. The topological polar surface area (TPSA) is 66.9 Å². The number of carbonyl (C=O) groups excluding carboxylic acids is 1. The summed E-state index contributed by atoms with van der Waals surface area (Å²) in [6.07, 6.45) is 10.0. The SMILES string of the molecule is CSCC[C@@H](Nc1nc(C)cc(C)n1)C(=O)NC1CCCCCC1. The van der Waals surface area contributed by atoms with E-state index in [9.17, 15) is 4.79 Å². The summed E-state index contributed by atoms with van der Waals surface area (Å²) in [6.45, 7) is 3.89. The second-order valence-corrected chi connectivity index (χ2v) is 7.64. The Morgan fingerprint density at radius 1 is 1.21 bits per heavy atom. The molecule has 0 radical (unpaired) electrons. The number of rotatable bonds is 7. The largest absolute Gasteiger partial charge is 0.352 e. The highest BCUT2D eigenvalue weighted by molar-refractivity contribution is 7.98. The fourth-order valence-electron chi connectivity index (χ4n) is 3.18. The molecule has 1 heterocycles. The molecule has 0 unspecified atom stereocenters. The number of aryl methyl sites for hydroxylation is 2. The Morgan fingerprint density at radius 3 is 2.42 bits per heavy atom. The third kappa shape index (κ3) is 6.30. The lowest BCUT2D eigenvalue weighted by atomic mass is 10.1. The van der Waals surface area contributed by atoms with E-state index in [0.717, 1.165) is 36.4 Å². The number of carbonyl (C=O) groups is 1. The number of anilines is 1. The molecule has 1 fully saturated rings. The predicted molar refractivity (Wildman–Crippen MR) is 102 cm³/mol. The molecule has 5 nitrogen and oxygen atoms in total. The summed E-state index contributed by atoms with van der Waals surface area (Å²) in [4.78, 5) is 21.6. The summed E-state index contributed by atoms with van der Waals surface area (Å²) in [6, 6.07) is 1.98. The number of nitrogens with one attached hydrogen (secondary N) is 2. The Balaban J connectivity index is 2.01. The molecule has 1 aliphatic rings. The average Bonchev–Trinajstić information content (AvgIpc) is 2.79. The zero-order valence-electron chi connectivity index (χ0n) is 15.1. The molecule has 24 heavy (non-hydrogen) atoms. The zero-order chi connectivity index (χ0) is 17.4. The molecule has 134 valence electrons. The van der Waals surface area contributed by atoms with Crippen molar-refractivity contribution in [3.05, 3.63) is 17.5 Å². The number of hydrogen-bond acceptors (Lipinski definition) is 5. The first kappa shape index (κ1) is 19.0. The van der Waals surface area contributed by atoms with Gasteiger partial charge in [0.05, 0.1) is 0 Å². The van der Waals surface area contributed by atoms with Gasteiger partial charge in [0.1, 0.15) is 6.04 Å². The summed E-state index contributed by atoms with van der Waals surface area (Å²) in [5.74, 6) is 1.56. The van der Waals surface area contributed by atoms with E-state index in [0.29, 0.717) is 12.0 Å². The van der Waals surface area contributed by atoms with Crippen LogP contribution in [-0.2, 0) is 4.79 Å². The molecule has 0 bridgehead atoms. The van der Waals surface area contributed by atoms with Gasteiger partial charge in [0, 0.05) is 17.4 Å². The summed E-state index contributed by atoms with van der Waals surface area (Å²) in [5, 5.41) is 6.50. The van der Waals surface area contributed by atoms with Crippen LogP contribution >= 0.6 is 11.8 Å². The smallest absolute Gasteiger partial charge is 0.242 e. The summed E-state index contributed by atoms with van der Waals surface area (Å²) in [5.41, 5.74) is 1.83. The summed E-state index contributed by atoms with van der Waals surface area (Å²) in [7, 11) is 0. The van der Waals surface area contributed by atoms with Crippen molar-refractivity contribution in [2.75, 3.05) is 17.3 Å². The number of thioether (sulfide) groups is 1. The van der Waals surface area contributed by atoms with Crippen molar-refractivity contribution in [1.82, 2.24) is 15.3 Å². The lowest BCUT2D eigenvalue weighted by Gasteiger charge is -2.22. The Kier molecular flexibility index (Phi) is 7.82. The van der Waals surface area contributed by atoms with Crippen LogP contribution in [0.15, 0.2) is 6.07 Å². The molecular weight excluding hydrogens is 320 g/mol. The minimum Gasteiger partial charge on any atom is -0.352 e. The van der Waals surface area contributed by atoms with E-state index in [4.69, 9.17) is 0 Å². The minimum atomic E-state index is -0.276. The van der Waals surface area contributed by atoms with E-state index < -0.39 is 0 Å². The van der Waals surface area contributed by atoms with Gasteiger partial charge in [-0.3, -0.25) is 4.79 Å². The molecule has 1 amide bonds. The number of hydrogen-bond donors (Lipinski definition) is 2. The van der Waals surface area contributed by atoms with E-state index in [-0.39, 0.29) is 11.9 Å². The maximum absolute atomic E-state index is 12.8. The minimum absolute atomic E-state index is 0.0821. The van der Waals surface area contributed by atoms with Gasteiger partial charge in [-0.25, -0.2) is 9.97 Å². The molecule has 6 heteroatoms. The molecule has 1 atom stereocenters. The van der Waals surface area contributed by atoms with Crippen molar-refractivity contribution in [1.29, 1.82) is 0 Å². The molecule has 1 saturated carbocycles. The van der Waals surface area contributed by atoms with Crippen molar-refractivity contribution in [3.63, 3.8) is 0 Å². The standard InChI is InChI=1S/C18H30N4OS/c1-13-12-14(2)20-18(19-13)22-16(10-11-24-3)17(23)21-15-8-6-4-5-7-9-15/h12,15-16H,4-11H2,1-3H3,(H,21,23)(H,19,20,22)/t16-/m1/s1. The molecule has 0 spiro atoms. The van der Waals surface area contributed by atoms with E-state index >= 15 is 0 Å². The predicted octanol–water partition coefficient (Wildman–Crippen LogP) is 3.47. The van der Waals surface area contributed by atoms with Crippen molar-refractivity contribution < 1.29 is 4.79 Å². The molecule has 2 N–H and O–H groups in total. The second kappa shape index (κ2) is 9.87. The van der Waals surface area contributed by atoms with Crippen LogP contribution in [0.25, 0.3) is 0 Å². The van der Waals surface area contributed by atoms with Crippen molar-refractivity contribution in [2.45, 2.75) is 70.9 Å². The first-order valence-corrected chi connectivity index (χ1v) is 10.4. The zero-order valence-corrected chi connectivity index (χ0v) is 15.9. The van der Waals surface area contributed by atoms with Gasteiger partial charge >= 0.3 is 0 Å². The molecule has 1 aliphatic carbocycles. The first-order chi connectivity index (χ1) is 11.6. The summed E-state index contributed by atoms with van der Waals surface area (Å²) < 4.78 is 0. The van der Waals surface area contributed by atoms with Crippen LogP contribution in [0.1, 0.15) is 56.3 Å². The van der Waals surface area contributed by atoms with Crippen LogP contribution in [0.5, 0.6) is 0 Å². The molecule has 0 aliphatic heterocycles. The Bertz CT molecular complexity index is 510. The van der Waals surface area contributed by atoms with Crippen molar-refractivity contribution in [3.8, 4) is 0 Å². The normalized spacial score (nSPS) is 17.1. The summed E-state index contributed by atoms with van der Waals surface area (Å²) >= 11 is 1.75. The van der Waals surface area contributed by atoms with Gasteiger partial charge in [-0.2, -0.15) is 11.8 Å². The fraction of sp³-hybridized carbons (Fsp3) is 0.722. The van der Waals surface area contributed by atoms with Gasteiger partial charge in [-0.15, -0.1) is 0 Å². The highest BCUT2D eigenvalue weighted by Gasteiger charge is 2.22. The van der Waals surface area contributed by atoms with Crippen molar-refractivity contribution >= 4 is 23.6 Å². The third-order valence-electron chi connectivity index (χ3n) is 4.41. The van der Waals surface area contributed by atoms with Crippen LogP contribution in [0.3, 0.4) is 0 Å². The average molecular weight is 351 g/mol. The highest BCUT2D eigenvalue weighted by Crippen LogP contribution is 2.18. The second-order valence-electron chi connectivity index (χ2n) is 6.65. The molecule has 0 saturated heterocycles. The number of nitrogens with zero attached hydrogens (tertiary/aromatic N) is 2. The fourth-order valence-corrected chi connectivity index (χ4v) is 3.65. The maximum Gasteiger partial charge on any atom is 0.242 e. The number of amides is 1. The van der Waals surface area contributed by atoms with Gasteiger partial charge in [-0.1, -0.05) is 25.7 Å². The lowest BCUT2D eigenvalue weighted by molar-refractivity contribution is -0.122. The van der Waals surface area contributed by atoms with Gasteiger partial charge < -0.3 is 10.6 Å². The van der Waals surface area contributed by atoms with E-state index in [1.165, 1.54) is 25.7 Å². The third-order valence-corrected chi connectivity index (χ3v) is 5.06.